The molecular formula is C24H23N5O2S. The zero-order valence-corrected chi connectivity index (χ0v) is 18.6. The summed E-state index contributed by atoms with van der Waals surface area (Å²) in [7, 11) is 1.64. The third-order valence-corrected chi connectivity index (χ3v) is 6.39. The SMILES string of the molecule is COc1ccc(-c2nc(CC(=O)Nc3nc4ccccc4nc3N3CCCC3)cs2)cc1. The molecule has 5 rings (SSSR count). The van der Waals surface area contributed by atoms with Gasteiger partial charge in [0, 0.05) is 24.0 Å². The molecule has 8 heteroatoms. The predicted molar refractivity (Wildman–Crippen MR) is 127 cm³/mol. The van der Waals surface area contributed by atoms with E-state index in [1.54, 1.807) is 7.11 Å². The fourth-order valence-corrected chi connectivity index (χ4v) is 4.64. The van der Waals surface area contributed by atoms with E-state index in [0.29, 0.717) is 5.82 Å². The number of thiazole rings is 1. The third kappa shape index (κ3) is 4.27. The Bertz CT molecular complexity index is 1250. The molecule has 1 aliphatic rings. The van der Waals surface area contributed by atoms with Gasteiger partial charge in [-0.05, 0) is 49.2 Å². The number of hydrogen-bond acceptors (Lipinski definition) is 7. The molecule has 1 fully saturated rings. The fourth-order valence-electron chi connectivity index (χ4n) is 3.82. The Balaban J connectivity index is 1.35. The molecule has 1 saturated heterocycles. The summed E-state index contributed by atoms with van der Waals surface area (Å²) in [5.41, 5.74) is 3.33. The fraction of sp³-hybridized carbons (Fsp3) is 0.250. The second kappa shape index (κ2) is 8.92. The van der Waals surface area contributed by atoms with Crippen LogP contribution in [0.4, 0.5) is 11.6 Å². The summed E-state index contributed by atoms with van der Waals surface area (Å²) < 4.78 is 5.21. The molecule has 0 saturated carbocycles. The van der Waals surface area contributed by atoms with Crippen molar-refractivity contribution < 1.29 is 9.53 Å². The first-order chi connectivity index (χ1) is 15.7. The van der Waals surface area contributed by atoms with E-state index < -0.39 is 0 Å². The lowest BCUT2D eigenvalue weighted by molar-refractivity contribution is -0.115. The Labute approximate surface area is 190 Å². The zero-order valence-electron chi connectivity index (χ0n) is 17.7. The van der Waals surface area contributed by atoms with Crippen molar-refractivity contribution in [2.45, 2.75) is 19.3 Å². The second-order valence-electron chi connectivity index (χ2n) is 7.68. The van der Waals surface area contributed by atoms with Gasteiger partial charge in [-0.25, -0.2) is 15.0 Å². The van der Waals surface area contributed by atoms with Crippen molar-refractivity contribution in [1.29, 1.82) is 0 Å². The Morgan fingerprint density at radius 2 is 1.75 bits per heavy atom. The van der Waals surface area contributed by atoms with Crippen LogP contribution in [0, 0.1) is 0 Å². The molecule has 0 aliphatic carbocycles. The molecule has 2 aromatic carbocycles. The predicted octanol–water partition coefficient (Wildman–Crippen LogP) is 4.54. The number of hydrogen-bond donors (Lipinski definition) is 1. The van der Waals surface area contributed by atoms with E-state index in [-0.39, 0.29) is 12.3 Å². The summed E-state index contributed by atoms with van der Waals surface area (Å²) in [6.07, 6.45) is 2.42. The summed E-state index contributed by atoms with van der Waals surface area (Å²) in [4.78, 5) is 29.2. The van der Waals surface area contributed by atoms with Gasteiger partial charge in [-0.15, -0.1) is 11.3 Å². The van der Waals surface area contributed by atoms with Crippen LogP contribution in [0.5, 0.6) is 5.75 Å². The molecule has 0 bridgehead atoms. The van der Waals surface area contributed by atoms with E-state index in [2.05, 4.69) is 15.2 Å². The summed E-state index contributed by atoms with van der Waals surface area (Å²) in [5, 5.41) is 5.78. The first-order valence-corrected chi connectivity index (χ1v) is 11.5. The van der Waals surface area contributed by atoms with Crippen molar-refractivity contribution >= 4 is 39.9 Å². The molecule has 2 aromatic heterocycles. The van der Waals surface area contributed by atoms with Crippen LogP contribution in [-0.2, 0) is 11.2 Å². The van der Waals surface area contributed by atoms with Gasteiger partial charge in [0.25, 0.3) is 0 Å². The summed E-state index contributed by atoms with van der Waals surface area (Å²) >= 11 is 1.52. The second-order valence-corrected chi connectivity index (χ2v) is 8.53. The van der Waals surface area contributed by atoms with Crippen LogP contribution in [-0.4, -0.2) is 41.1 Å². The van der Waals surface area contributed by atoms with Gasteiger partial charge in [-0.2, -0.15) is 0 Å². The van der Waals surface area contributed by atoms with Gasteiger partial charge >= 0.3 is 0 Å². The molecule has 162 valence electrons. The van der Waals surface area contributed by atoms with E-state index in [0.717, 1.165) is 64.8 Å². The van der Waals surface area contributed by atoms with Gasteiger partial charge in [0.05, 0.1) is 30.3 Å². The van der Waals surface area contributed by atoms with Gasteiger partial charge in [0.2, 0.25) is 5.91 Å². The number of nitrogens with zero attached hydrogens (tertiary/aromatic N) is 4. The minimum Gasteiger partial charge on any atom is -0.497 e. The normalized spacial score (nSPS) is 13.5. The van der Waals surface area contributed by atoms with E-state index in [1.165, 1.54) is 11.3 Å². The highest BCUT2D eigenvalue weighted by atomic mass is 32.1. The number of carbonyl (C=O) groups is 1. The molecule has 3 heterocycles. The van der Waals surface area contributed by atoms with Crippen molar-refractivity contribution in [3.63, 3.8) is 0 Å². The highest BCUT2D eigenvalue weighted by Gasteiger charge is 2.21. The average Bonchev–Trinajstić information content (AvgIpc) is 3.51. The minimum atomic E-state index is -0.151. The minimum absolute atomic E-state index is 0.151. The van der Waals surface area contributed by atoms with E-state index in [1.807, 2.05) is 53.9 Å². The lowest BCUT2D eigenvalue weighted by Crippen LogP contribution is -2.24. The van der Waals surface area contributed by atoms with Gasteiger partial charge in [0.1, 0.15) is 10.8 Å². The zero-order chi connectivity index (χ0) is 21.9. The summed E-state index contributed by atoms with van der Waals surface area (Å²) in [6, 6.07) is 15.5. The molecule has 0 spiro atoms. The number of anilines is 2. The van der Waals surface area contributed by atoms with Crippen LogP contribution in [0.1, 0.15) is 18.5 Å². The number of rotatable bonds is 6. The largest absolute Gasteiger partial charge is 0.497 e. The van der Waals surface area contributed by atoms with Crippen molar-refractivity contribution in [3.05, 3.63) is 59.6 Å². The third-order valence-electron chi connectivity index (χ3n) is 5.45. The van der Waals surface area contributed by atoms with Gasteiger partial charge < -0.3 is 15.0 Å². The van der Waals surface area contributed by atoms with E-state index in [9.17, 15) is 4.79 Å². The molecular weight excluding hydrogens is 422 g/mol. The molecule has 1 N–H and O–H groups in total. The first kappa shape index (κ1) is 20.4. The number of amides is 1. The molecule has 32 heavy (non-hydrogen) atoms. The van der Waals surface area contributed by atoms with E-state index in [4.69, 9.17) is 14.7 Å². The highest BCUT2D eigenvalue weighted by Crippen LogP contribution is 2.29. The van der Waals surface area contributed by atoms with Gasteiger partial charge in [-0.1, -0.05) is 12.1 Å². The Morgan fingerprint density at radius 3 is 2.47 bits per heavy atom. The Kier molecular flexibility index (Phi) is 5.68. The van der Waals surface area contributed by atoms with E-state index >= 15 is 0 Å². The maximum Gasteiger partial charge on any atom is 0.231 e. The maximum atomic E-state index is 12.9. The number of fused-ring (bicyclic) bond motifs is 1. The monoisotopic (exact) mass is 445 g/mol. The van der Waals surface area contributed by atoms with Gasteiger partial charge in [0.15, 0.2) is 11.6 Å². The lowest BCUT2D eigenvalue weighted by atomic mass is 10.2. The topological polar surface area (TPSA) is 80.2 Å². The number of aromatic nitrogens is 3. The molecule has 0 atom stereocenters. The molecule has 0 radical (unpaired) electrons. The highest BCUT2D eigenvalue weighted by molar-refractivity contribution is 7.13. The first-order valence-electron chi connectivity index (χ1n) is 10.6. The van der Waals surface area contributed by atoms with Crippen molar-refractivity contribution in [2.75, 3.05) is 30.4 Å². The van der Waals surface area contributed by atoms with Crippen molar-refractivity contribution in [3.8, 4) is 16.3 Å². The van der Waals surface area contributed by atoms with Crippen LogP contribution >= 0.6 is 11.3 Å². The van der Waals surface area contributed by atoms with Crippen molar-refractivity contribution in [2.24, 2.45) is 0 Å². The van der Waals surface area contributed by atoms with Crippen LogP contribution in [0.3, 0.4) is 0 Å². The number of carbonyl (C=O) groups excluding carboxylic acids is 1. The summed E-state index contributed by atoms with van der Waals surface area (Å²) in [5.74, 6) is 1.91. The van der Waals surface area contributed by atoms with Crippen molar-refractivity contribution in [1.82, 2.24) is 15.0 Å². The molecule has 7 nitrogen and oxygen atoms in total. The Hall–Kier alpha value is -3.52. The summed E-state index contributed by atoms with van der Waals surface area (Å²) in [6.45, 7) is 1.85. The van der Waals surface area contributed by atoms with Crippen LogP contribution < -0.4 is 15.0 Å². The number of para-hydroxylation sites is 2. The molecule has 1 amide bonds. The average molecular weight is 446 g/mol. The number of benzene rings is 2. The van der Waals surface area contributed by atoms with Crippen LogP contribution in [0.15, 0.2) is 53.9 Å². The smallest absolute Gasteiger partial charge is 0.231 e. The Morgan fingerprint density at radius 1 is 1.03 bits per heavy atom. The number of methoxy groups -OCH3 is 1. The van der Waals surface area contributed by atoms with Crippen LogP contribution in [0.25, 0.3) is 21.6 Å². The maximum absolute atomic E-state index is 12.9. The molecule has 0 unspecified atom stereocenters. The quantitative estimate of drug-likeness (QED) is 0.469. The van der Waals surface area contributed by atoms with Crippen LogP contribution in [0.2, 0.25) is 0 Å². The molecule has 4 aromatic rings. The molecule has 1 aliphatic heterocycles. The van der Waals surface area contributed by atoms with Gasteiger partial charge in [-0.3, -0.25) is 4.79 Å². The lowest BCUT2D eigenvalue weighted by Gasteiger charge is -2.20. The number of nitrogens with one attached hydrogen (secondary N) is 1. The number of ether oxygens (including phenoxy) is 1. The standard InChI is InChI=1S/C24H23N5O2S/c1-31-18-10-8-16(9-11-18)24-25-17(15-32-24)14-21(30)28-22-23(29-12-4-5-13-29)27-20-7-3-2-6-19(20)26-22/h2-3,6-11,15H,4-5,12-14H2,1H3,(H,26,28,30).